The number of ether oxygens (including phenoxy) is 1. The summed E-state index contributed by atoms with van der Waals surface area (Å²) in [7, 11) is 0. The van der Waals surface area contributed by atoms with E-state index >= 15 is 0 Å². The minimum absolute atomic E-state index is 0.0523. The second-order valence-corrected chi connectivity index (χ2v) is 5.83. The molecule has 1 fully saturated rings. The van der Waals surface area contributed by atoms with Crippen LogP contribution in [0.25, 0.3) is 0 Å². The van der Waals surface area contributed by atoms with Gasteiger partial charge in [-0.2, -0.15) is 0 Å². The van der Waals surface area contributed by atoms with Gasteiger partial charge in [0.2, 0.25) is 0 Å². The van der Waals surface area contributed by atoms with Crippen molar-refractivity contribution < 1.29 is 9.84 Å². The number of aliphatic hydroxyl groups excluding tert-OH is 1. The highest BCUT2D eigenvalue weighted by Crippen LogP contribution is 2.26. The number of fused-ring (bicyclic) bond motifs is 1. The molecule has 1 aromatic carbocycles. The van der Waals surface area contributed by atoms with Crippen LogP contribution < -0.4 is 10.1 Å². The molecule has 1 aliphatic heterocycles. The van der Waals surface area contributed by atoms with Crippen LogP contribution >= 0.6 is 0 Å². The summed E-state index contributed by atoms with van der Waals surface area (Å²) >= 11 is 0. The molecule has 2 atom stereocenters. The Morgan fingerprint density at radius 1 is 1.32 bits per heavy atom. The maximum absolute atomic E-state index is 9.48. The predicted octanol–water partition coefficient (Wildman–Crippen LogP) is 1.91. The first-order chi connectivity index (χ1) is 9.31. The molecule has 0 bridgehead atoms. The number of benzene rings is 1. The van der Waals surface area contributed by atoms with E-state index in [4.69, 9.17) is 4.74 Å². The second kappa shape index (κ2) is 5.93. The largest absolute Gasteiger partial charge is 0.493 e. The monoisotopic (exact) mass is 261 g/mol. The van der Waals surface area contributed by atoms with Gasteiger partial charge in [0, 0.05) is 6.42 Å². The topological polar surface area (TPSA) is 41.5 Å². The third-order valence-corrected chi connectivity index (χ3v) is 4.29. The molecule has 1 heterocycles. The standard InChI is InChI=1S/C16H23NO2/c18-15-3-1-13(10-15)11-17-7-5-12-2-4-16-14(9-12)6-8-19-16/h2,4,9,13,15,17-18H,1,3,5-8,10-11H2. The summed E-state index contributed by atoms with van der Waals surface area (Å²) in [5.41, 5.74) is 2.75. The molecule has 3 nitrogen and oxygen atoms in total. The predicted molar refractivity (Wildman–Crippen MR) is 75.6 cm³/mol. The summed E-state index contributed by atoms with van der Waals surface area (Å²) in [6.45, 7) is 2.90. The first-order valence-corrected chi connectivity index (χ1v) is 7.44. The molecule has 2 N–H and O–H groups in total. The van der Waals surface area contributed by atoms with Crippen LogP contribution in [-0.4, -0.2) is 30.9 Å². The zero-order valence-corrected chi connectivity index (χ0v) is 11.4. The van der Waals surface area contributed by atoms with Crippen molar-refractivity contribution in [3.63, 3.8) is 0 Å². The molecule has 0 saturated heterocycles. The highest BCUT2D eigenvalue weighted by atomic mass is 16.5. The van der Waals surface area contributed by atoms with Crippen LogP contribution in [0.2, 0.25) is 0 Å². The second-order valence-electron chi connectivity index (χ2n) is 5.83. The van der Waals surface area contributed by atoms with E-state index in [1.54, 1.807) is 0 Å². The maximum Gasteiger partial charge on any atom is 0.122 e. The van der Waals surface area contributed by atoms with Crippen LogP contribution in [0.1, 0.15) is 30.4 Å². The lowest BCUT2D eigenvalue weighted by Crippen LogP contribution is -2.24. The van der Waals surface area contributed by atoms with E-state index in [-0.39, 0.29) is 6.10 Å². The first-order valence-electron chi connectivity index (χ1n) is 7.44. The molecular formula is C16H23NO2. The van der Waals surface area contributed by atoms with Gasteiger partial charge in [0.1, 0.15) is 5.75 Å². The number of aliphatic hydroxyl groups is 1. The summed E-state index contributed by atoms with van der Waals surface area (Å²) in [5.74, 6) is 1.74. The number of hydrogen-bond acceptors (Lipinski definition) is 3. The van der Waals surface area contributed by atoms with E-state index in [0.717, 1.165) is 51.1 Å². The zero-order valence-electron chi connectivity index (χ0n) is 11.4. The van der Waals surface area contributed by atoms with Crippen LogP contribution in [0.15, 0.2) is 18.2 Å². The molecule has 1 saturated carbocycles. The van der Waals surface area contributed by atoms with E-state index in [1.165, 1.54) is 17.5 Å². The lowest BCUT2D eigenvalue weighted by Gasteiger charge is -2.11. The lowest BCUT2D eigenvalue weighted by molar-refractivity contribution is 0.177. The van der Waals surface area contributed by atoms with Crippen LogP contribution in [0.3, 0.4) is 0 Å². The van der Waals surface area contributed by atoms with Gasteiger partial charge in [-0.15, -0.1) is 0 Å². The first kappa shape index (κ1) is 12.9. The molecule has 104 valence electrons. The Kier molecular flexibility index (Phi) is 4.04. The normalized spacial score (nSPS) is 25.3. The molecule has 0 spiro atoms. The van der Waals surface area contributed by atoms with Gasteiger partial charge in [-0.1, -0.05) is 12.1 Å². The van der Waals surface area contributed by atoms with Crippen LogP contribution in [0.4, 0.5) is 0 Å². The van der Waals surface area contributed by atoms with Crippen molar-refractivity contribution in [3.8, 4) is 5.75 Å². The molecule has 0 aromatic heterocycles. The van der Waals surface area contributed by atoms with E-state index in [1.807, 2.05) is 0 Å². The molecule has 2 unspecified atom stereocenters. The van der Waals surface area contributed by atoms with Crippen molar-refractivity contribution in [1.82, 2.24) is 5.32 Å². The Labute approximate surface area is 115 Å². The Morgan fingerprint density at radius 2 is 2.26 bits per heavy atom. The molecule has 0 amide bonds. The average molecular weight is 261 g/mol. The maximum atomic E-state index is 9.48. The van der Waals surface area contributed by atoms with Crippen molar-refractivity contribution in [1.29, 1.82) is 0 Å². The summed E-state index contributed by atoms with van der Waals surface area (Å²) in [4.78, 5) is 0. The van der Waals surface area contributed by atoms with E-state index in [9.17, 15) is 5.11 Å². The van der Waals surface area contributed by atoms with Gasteiger partial charge in [0.25, 0.3) is 0 Å². The number of nitrogens with one attached hydrogen (secondary N) is 1. The molecule has 3 rings (SSSR count). The quantitative estimate of drug-likeness (QED) is 0.796. The van der Waals surface area contributed by atoms with Crippen LogP contribution in [0, 0.1) is 5.92 Å². The summed E-state index contributed by atoms with van der Waals surface area (Å²) in [6, 6.07) is 6.56. The highest BCUT2D eigenvalue weighted by molar-refractivity contribution is 5.39. The Bertz CT molecular complexity index is 433. The summed E-state index contributed by atoms with van der Waals surface area (Å²) in [5, 5.41) is 13.0. The summed E-state index contributed by atoms with van der Waals surface area (Å²) in [6.07, 6.45) is 5.20. The molecule has 0 radical (unpaired) electrons. The van der Waals surface area contributed by atoms with Crippen molar-refractivity contribution in [2.75, 3.05) is 19.7 Å². The van der Waals surface area contributed by atoms with Crippen molar-refractivity contribution in [3.05, 3.63) is 29.3 Å². The van der Waals surface area contributed by atoms with Crippen LogP contribution in [0.5, 0.6) is 5.75 Å². The molecule has 1 aromatic rings. The lowest BCUT2D eigenvalue weighted by atomic mass is 10.1. The van der Waals surface area contributed by atoms with Crippen molar-refractivity contribution >= 4 is 0 Å². The van der Waals surface area contributed by atoms with Gasteiger partial charge in [0.15, 0.2) is 0 Å². The smallest absolute Gasteiger partial charge is 0.122 e. The fourth-order valence-corrected chi connectivity index (χ4v) is 3.17. The SMILES string of the molecule is OC1CCC(CNCCc2ccc3c(c2)CCO3)C1. The Hall–Kier alpha value is -1.06. The third kappa shape index (κ3) is 3.28. The van der Waals surface area contributed by atoms with Gasteiger partial charge in [-0.3, -0.25) is 0 Å². The number of hydrogen-bond donors (Lipinski definition) is 2. The molecule has 1 aliphatic carbocycles. The zero-order chi connectivity index (χ0) is 13.1. The van der Waals surface area contributed by atoms with Gasteiger partial charge in [-0.05, 0) is 61.9 Å². The molecular weight excluding hydrogens is 238 g/mol. The van der Waals surface area contributed by atoms with Crippen LogP contribution in [-0.2, 0) is 12.8 Å². The average Bonchev–Trinajstić information content (AvgIpc) is 3.03. The fraction of sp³-hybridized carbons (Fsp3) is 0.625. The van der Waals surface area contributed by atoms with E-state index < -0.39 is 0 Å². The highest BCUT2D eigenvalue weighted by Gasteiger charge is 2.21. The minimum Gasteiger partial charge on any atom is -0.493 e. The minimum atomic E-state index is -0.0523. The molecule has 19 heavy (non-hydrogen) atoms. The third-order valence-electron chi connectivity index (χ3n) is 4.29. The van der Waals surface area contributed by atoms with Gasteiger partial charge < -0.3 is 15.2 Å². The Morgan fingerprint density at radius 3 is 3.11 bits per heavy atom. The molecule has 2 aliphatic rings. The van der Waals surface area contributed by atoms with Gasteiger partial charge in [0.05, 0.1) is 12.7 Å². The summed E-state index contributed by atoms with van der Waals surface area (Å²) < 4.78 is 5.52. The Balaban J connectivity index is 1.40. The van der Waals surface area contributed by atoms with E-state index in [0.29, 0.717) is 5.92 Å². The van der Waals surface area contributed by atoms with Gasteiger partial charge in [-0.25, -0.2) is 0 Å². The number of rotatable bonds is 5. The van der Waals surface area contributed by atoms with E-state index in [2.05, 4.69) is 23.5 Å². The van der Waals surface area contributed by atoms with Crippen molar-refractivity contribution in [2.45, 2.75) is 38.2 Å². The fourth-order valence-electron chi connectivity index (χ4n) is 3.17. The molecule has 3 heteroatoms. The van der Waals surface area contributed by atoms with Crippen molar-refractivity contribution in [2.24, 2.45) is 5.92 Å². The van der Waals surface area contributed by atoms with Gasteiger partial charge >= 0.3 is 0 Å².